The zero-order valence-electron chi connectivity index (χ0n) is 12.3. The first-order chi connectivity index (χ1) is 10.7. The van der Waals surface area contributed by atoms with Gasteiger partial charge in [-0.25, -0.2) is 9.97 Å². The number of nitrogens with zero attached hydrogens (tertiary/aromatic N) is 5. The van der Waals surface area contributed by atoms with E-state index in [1.165, 1.54) is 17.7 Å². The van der Waals surface area contributed by atoms with Crippen molar-refractivity contribution in [2.75, 3.05) is 25.0 Å². The highest BCUT2D eigenvalue weighted by Gasteiger charge is 2.28. The molecule has 0 saturated carbocycles. The van der Waals surface area contributed by atoms with Gasteiger partial charge in [0.1, 0.15) is 12.7 Å². The first-order valence-corrected chi connectivity index (χ1v) is 7.99. The second kappa shape index (κ2) is 6.95. The number of amides is 1. The standard InChI is InChI=1S/C13H18N6O2S/c1-10(12(20)17-13-15-2-5-22-13)18-3-4-21-11(6-18)7-19-9-14-8-16-19/h2,5,8-11H,3-4,6-7H2,1H3,(H,15,17,20)/t10-,11-/m1/s1. The lowest BCUT2D eigenvalue weighted by Crippen LogP contribution is -2.51. The molecular weight excluding hydrogens is 304 g/mol. The number of rotatable bonds is 5. The number of thiazole rings is 1. The van der Waals surface area contributed by atoms with Crippen molar-refractivity contribution in [3.63, 3.8) is 0 Å². The molecule has 1 aliphatic heterocycles. The average molecular weight is 322 g/mol. The van der Waals surface area contributed by atoms with Crippen LogP contribution in [-0.4, -0.2) is 62.4 Å². The fourth-order valence-corrected chi connectivity index (χ4v) is 2.93. The molecule has 1 amide bonds. The first kappa shape index (κ1) is 15.1. The van der Waals surface area contributed by atoms with Crippen LogP contribution in [0.4, 0.5) is 5.13 Å². The van der Waals surface area contributed by atoms with E-state index < -0.39 is 0 Å². The molecule has 22 heavy (non-hydrogen) atoms. The van der Waals surface area contributed by atoms with Gasteiger partial charge in [0, 0.05) is 24.7 Å². The summed E-state index contributed by atoms with van der Waals surface area (Å²) in [7, 11) is 0. The molecule has 9 heteroatoms. The number of anilines is 1. The summed E-state index contributed by atoms with van der Waals surface area (Å²) in [6, 6.07) is -0.231. The quantitative estimate of drug-likeness (QED) is 0.861. The van der Waals surface area contributed by atoms with E-state index in [4.69, 9.17) is 4.74 Å². The van der Waals surface area contributed by atoms with E-state index in [1.807, 2.05) is 12.3 Å². The lowest BCUT2D eigenvalue weighted by Gasteiger charge is -2.35. The predicted molar refractivity (Wildman–Crippen MR) is 81.5 cm³/mol. The molecule has 118 valence electrons. The molecule has 0 aliphatic carbocycles. The van der Waals surface area contributed by atoms with Gasteiger partial charge in [-0.1, -0.05) is 0 Å². The molecule has 8 nitrogen and oxygen atoms in total. The number of hydrogen-bond acceptors (Lipinski definition) is 7. The number of aromatic nitrogens is 4. The Kier molecular flexibility index (Phi) is 4.76. The Morgan fingerprint density at radius 3 is 3.27 bits per heavy atom. The Bertz CT molecular complexity index is 588. The number of carbonyl (C=O) groups excluding carboxylic acids is 1. The Balaban J connectivity index is 1.55. The maximum Gasteiger partial charge on any atom is 0.243 e. The largest absolute Gasteiger partial charge is 0.374 e. The van der Waals surface area contributed by atoms with Gasteiger partial charge in [-0.05, 0) is 6.92 Å². The third-order valence-electron chi connectivity index (χ3n) is 3.62. The number of morpholine rings is 1. The summed E-state index contributed by atoms with van der Waals surface area (Å²) in [5.41, 5.74) is 0. The van der Waals surface area contributed by atoms with Crippen LogP contribution < -0.4 is 5.32 Å². The first-order valence-electron chi connectivity index (χ1n) is 7.11. The van der Waals surface area contributed by atoms with Crippen LogP contribution in [0.25, 0.3) is 0 Å². The second-order valence-electron chi connectivity index (χ2n) is 5.11. The van der Waals surface area contributed by atoms with Gasteiger partial charge in [-0.15, -0.1) is 11.3 Å². The average Bonchev–Trinajstić information content (AvgIpc) is 3.20. The third-order valence-corrected chi connectivity index (χ3v) is 4.31. The van der Waals surface area contributed by atoms with Gasteiger partial charge in [0.05, 0.1) is 25.3 Å². The zero-order chi connectivity index (χ0) is 15.4. The van der Waals surface area contributed by atoms with E-state index in [1.54, 1.807) is 17.2 Å². The Labute approximate surface area is 132 Å². The van der Waals surface area contributed by atoms with E-state index in [0.29, 0.717) is 24.8 Å². The molecule has 1 N–H and O–H groups in total. The molecule has 2 atom stereocenters. The molecule has 1 saturated heterocycles. The van der Waals surface area contributed by atoms with Gasteiger partial charge >= 0.3 is 0 Å². The minimum Gasteiger partial charge on any atom is -0.374 e. The van der Waals surface area contributed by atoms with Crippen molar-refractivity contribution in [3.05, 3.63) is 24.2 Å². The van der Waals surface area contributed by atoms with Gasteiger partial charge < -0.3 is 10.1 Å². The Morgan fingerprint density at radius 2 is 2.55 bits per heavy atom. The van der Waals surface area contributed by atoms with Crippen LogP contribution in [-0.2, 0) is 16.1 Å². The molecular formula is C13H18N6O2S. The van der Waals surface area contributed by atoms with Gasteiger partial charge in [0.2, 0.25) is 5.91 Å². The summed E-state index contributed by atoms with van der Waals surface area (Å²) < 4.78 is 7.49. The van der Waals surface area contributed by atoms with Gasteiger partial charge in [0.15, 0.2) is 5.13 Å². The summed E-state index contributed by atoms with van der Waals surface area (Å²) in [6.07, 6.45) is 4.85. The SMILES string of the molecule is C[C@H](C(=O)Nc1nccs1)N1CCO[C@@H](Cn2cncn2)C1. The summed E-state index contributed by atoms with van der Waals surface area (Å²) in [6.45, 7) is 4.57. The number of carbonyl (C=O) groups is 1. The monoisotopic (exact) mass is 322 g/mol. The molecule has 0 spiro atoms. The molecule has 3 heterocycles. The molecule has 0 unspecified atom stereocenters. The molecule has 3 rings (SSSR count). The zero-order valence-corrected chi connectivity index (χ0v) is 13.1. The Hall–Kier alpha value is -1.84. The summed E-state index contributed by atoms with van der Waals surface area (Å²) in [5, 5.41) is 9.39. The van der Waals surface area contributed by atoms with E-state index >= 15 is 0 Å². The van der Waals surface area contributed by atoms with E-state index in [9.17, 15) is 4.79 Å². The molecule has 2 aromatic rings. The molecule has 2 aromatic heterocycles. The highest BCUT2D eigenvalue weighted by Crippen LogP contribution is 2.14. The second-order valence-corrected chi connectivity index (χ2v) is 6.00. The van der Waals surface area contributed by atoms with Gasteiger partial charge in [-0.3, -0.25) is 14.4 Å². The smallest absolute Gasteiger partial charge is 0.243 e. The molecule has 1 aliphatic rings. The van der Waals surface area contributed by atoms with Crippen molar-refractivity contribution < 1.29 is 9.53 Å². The lowest BCUT2D eigenvalue weighted by molar-refractivity contribution is -0.124. The topological polar surface area (TPSA) is 85.2 Å². The van der Waals surface area contributed by atoms with Crippen molar-refractivity contribution in [2.45, 2.75) is 25.6 Å². The van der Waals surface area contributed by atoms with Crippen LogP contribution in [0.15, 0.2) is 24.2 Å². The summed E-state index contributed by atoms with van der Waals surface area (Å²) in [5.74, 6) is -0.0450. The van der Waals surface area contributed by atoms with Crippen molar-refractivity contribution >= 4 is 22.4 Å². The fourth-order valence-electron chi connectivity index (χ4n) is 2.40. The van der Waals surface area contributed by atoms with Crippen molar-refractivity contribution in [1.82, 2.24) is 24.6 Å². The van der Waals surface area contributed by atoms with Crippen molar-refractivity contribution in [3.8, 4) is 0 Å². The minimum absolute atomic E-state index is 0.00515. The van der Waals surface area contributed by atoms with Gasteiger partial charge in [0.25, 0.3) is 0 Å². The molecule has 0 radical (unpaired) electrons. The van der Waals surface area contributed by atoms with Crippen LogP contribution in [0.3, 0.4) is 0 Å². The fraction of sp³-hybridized carbons (Fsp3) is 0.538. The van der Waals surface area contributed by atoms with E-state index in [0.717, 1.165) is 6.54 Å². The van der Waals surface area contributed by atoms with Crippen LogP contribution in [0.2, 0.25) is 0 Å². The van der Waals surface area contributed by atoms with E-state index in [2.05, 4.69) is 25.3 Å². The Morgan fingerprint density at radius 1 is 1.64 bits per heavy atom. The number of nitrogens with one attached hydrogen (secondary N) is 1. The van der Waals surface area contributed by atoms with Crippen LogP contribution in [0.1, 0.15) is 6.92 Å². The molecule has 0 bridgehead atoms. The maximum absolute atomic E-state index is 12.3. The highest BCUT2D eigenvalue weighted by atomic mass is 32.1. The predicted octanol–water partition coefficient (Wildman–Crippen LogP) is 0.463. The normalized spacial score (nSPS) is 20.7. The molecule has 1 fully saturated rings. The van der Waals surface area contributed by atoms with E-state index in [-0.39, 0.29) is 18.1 Å². The third kappa shape index (κ3) is 3.67. The lowest BCUT2D eigenvalue weighted by atomic mass is 10.2. The number of hydrogen-bond donors (Lipinski definition) is 1. The maximum atomic E-state index is 12.3. The van der Waals surface area contributed by atoms with Crippen LogP contribution in [0, 0.1) is 0 Å². The highest BCUT2D eigenvalue weighted by molar-refractivity contribution is 7.13. The van der Waals surface area contributed by atoms with Gasteiger partial charge in [-0.2, -0.15) is 5.10 Å². The minimum atomic E-state index is -0.231. The molecule has 0 aromatic carbocycles. The number of ether oxygens (including phenoxy) is 1. The van der Waals surface area contributed by atoms with Crippen LogP contribution >= 0.6 is 11.3 Å². The van der Waals surface area contributed by atoms with Crippen LogP contribution in [0.5, 0.6) is 0 Å². The summed E-state index contributed by atoms with van der Waals surface area (Å²) >= 11 is 1.41. The summed E-state index contributed by atoms with van der Waals surface area (Å²) in [4.78, 5) is 22.4. The van der Waals surface area contributed by atoms with Crippen molar-refractivity contribution in [2.24, 2.45) is 0 Å². The van der Waals surface area contributed by atoms with Crippen molar-refractivity contribution in [1.29, 1.82) is 0 Å².